The Kier molecular flexibility index (Phi) is 5.49. The molecule has 0 spiro atoms. The second kappa shape index (κ2) is 7.57. The van der Waals surface area contributed by atoms with Crippen molar-refractivity contribution in [1.29, 1.82) is 0 Å². The van der Waals surface area contributed by atoms with Gasteiger partial charge in [-0.15, -0.1) is 0 Å². The highest BCUT2D eigenvalue weighted by Gasteiger charge is 2.09. The largest absolute Gasteiger partial charge is 0.370 e. The van der Waals surface area contributed by atoms with Gasteiger partial charge in [-0.1, -0.05) is 13.0 Å². The predicted molar refractivity (Wildman–Crippen MR) is 86.7 cm³/mol. The lowest BCUT2D eigenvalue weighted by Crippen LogP contribution is -2.13. The summed E-state index contributed by atoms with van der Waals surface area (Å²) in [7, 11) is 0. The Morgan fingerprint density at radius 2 is 1.81 bits per heavy atom. The Labute approximate surface area is 126 Å². The van der Waals surface area contributed by atoms with E-state index in [1.807, 2.05) is 31.3 Å². The van der Waals surface area contributed by atoms with E-state index in [-0.39, 0.29) is 0 Å². The number of aromatic nitrogens is 3. The van der Waals surface area contributed by atoms with Crippen LogP contribution in [0.4, 0.5) is 11.6 Å². The highest BCUT2D eigenvalue weighted by molar-refractivity contribution is 5.57. The fourth-order valence-corrected chi connectivity index (χ4v) is 2.09. The van der Waals surface area contributed by atoms with E-state index in [2.05, 4.69) is 39.4 Å². The summed E-state index contributed by atoms with van der Waals surface area (Å²) in [4.78, 5) is 13.4. The summed E-state index contributed by atoms with van der Waals surface area (Å²) in [6, 6.07) is 5.98. The number of hydrogen-bond donors (Lipinski definition) is 2. The van der Waals surface area contributed by atoms with Crippen molar-refractivity contribution in [1.82, 2.24) is 15.0 Å². The Morgan fingerprint density at radius 1 is 1.05 bits per heavy atom. The first-order chi connectivity index (χ1) is 10.2. The van der Waals surface area contributed by atoms with Gasteiger partial charge in [-0.25, -0.2) is 9.97 Å². The van der Waals surface area contributed by atoms with E-state index >= 15 is 0 Å². The molecule has 2 rings (SSSR count). The molecule has 0 saturated carbocycles. The van der Waals surface area contributed by atoms with Crippen molar-refractivity contribution in [2.45, 2.75) is 33.6 Å². The summed E-state index contributed by atoms with van der Waals surface area (Å²) < 4.78 is 0. The van der Waals surface area contributed by atoms with E-state index in [0.717, 1.165) is 54.6 Å². The van der Waals surface area contributed by atoms with Crippen LogP contribution in [0, 0.1) is 6.92 Å². The maximum absolute atomic E-state index is 4.58. The third-order valence-electron chi connectivity index (χ3n) is 3.25. The van der Waals surface area contributed by atoms with Crippen LogP contribution in [0.25, 0.3) is 0 Å². The van der Waals surface area contributed by atoms with E-state index in [4.69, 9.17) is 0 Å². The van der Waals surface area contributed by atoms with Gasteiger partial charge in [0.1, 0.15) is 17.5 Å². The summed E-state index contributed by atoms with van der Waals surface area (Å²) in [6.07, 6.45) is 3.53. The van der Waals surface area contributed by atoms with Crippen molar-refractivity contribution in [3.63, 3.8) is 0 Å². The fraction of sp³-hybridized carbons (Fsp3) is 0.438. The Balaban J connectivity index is 2.06. The van der Waals surface area contributed by atoms with Crippen LogP contribution in [0.3, 0.4) is 0 Å². The number of hydrogen-bond acceptors (Lipinski definition) is 5. The summed E-state index contributed by atoms with van der Waals surface area (Å²) in [6.45, 7) is 7.85. The lowest BCUT2D eigenvalue weighted by Gasteiger charge is -2.14. The summed E-state index contributed by atoms with van der Waals surface area (Å²) in [5, 5.41) is 6.70. The second-order valence-corrected chi connectivity index (χ2v) is 4.84. The maximum Gasteiger partial charge on any atom is 0.134 e. The molecule has 0 amide bonds. The first kappa shape index (κ1) is 15.2. The van der Waals surface area contributed by atoms with Crippen molar-refractivity contribution in [2.75, 3.05) is 23.7 Å². The standard InChI is InChI=1S/C16H23N5/c1-4-14-20-15(17-5-2)12(3)16(21-14)19-11-9-13-8-6-7-10-18-13/h6-8,10H,4-5,9,11H2,1-3H3,(H2,17,19,20,21). The molecule has 2 aromatic rings. The minimum Gasteiger partial charge on any atom is -0.370 e. The minimum atomic E-state index is 0.809. The molecule has 0 aliphatic carbocycles. The van der Waals surface area contributed by atoms with Crippen LogP contribution in [-0.2, 0) is 12.8 Å². The molecule has 2 heterocycles. The number of aryl methyl sites for hydroxylation is 1. The molecule has 2 N–H and O–H groups in total. The van der Waals surface area contributed by atoms with Crippen molar-refractivity contribution in [3.8, 4) is 0 Å². The zero-order valence-corrected chi connectivity index (χ0v) is 13.0. The molecule has 0 unspecified atom stereocenters. The van der Waals surface area contributed by atoms with Crippen LogP contribution in [0.15, 0.2) is 24.4 Å². The molecule has 0 aliphatic heterocycles. The Hall–Kier alpha value is -2.17. The highest BCUT2D eigenvalue weighted by atomic mass is 15.1. The van der Waals surface area contributed by atoms with Crippen LogP contribution in [0.2, 0.25) is 0 Å². The van der Waals surface area contributed by atoms with Gasteiger partial charge < -0.3 is 10.6 Å². The molecule has 2 aromatic heterocycles. The molecule has 0 radical (unpaired) electrons. The van der Waals surface area contributed by atoms with Crippen LogP contribution in [0.1, 0.15) is 30.9 Å². The number of rotatable bonds is 7. The van der Waals surface area contributed by atoms with Gasteiger partial charge in [-0.05, 0) is 26.0 Å². The summed E-state index contributed by atoms with van der Waals surface area (Å²) in [5.41, 5.74) is 2.15. The normalized spacial score (nSPS) is 10.4. The Morgan fingerprint density at radius 3 is 2.43 bits per heavy atom. The molecule has 5 nitrogen and oxygen atoms in total. The van der Waals surface area contributed by atoms with E-state index in [1.165, 1.54) is 0 Å². The van der Waals surface area contributed by atoms with Gasteiger partial charge in [0.25, 0.3) is 0 Å². The van der Waals surface area contributed by atoms with Crippen LogP contribution in [0.5, 0.6) is 0 Å². The predicted octanol–water partition coefficient (Wildman–Crippen LogP) is 2.83. The van der Waals surface area contributed by atoms with Crippen LogP contribution in [-0.4, -0.2) is 28.0 Å². The SMILES string of the molecule is CCNc1nc(CC)nc(NCCc2ccccn2)c1C. The van der Waals surface area contributed by atoms with Crippen molar-refractivity contribution in [3.05, 3.63) is 41.5 Å². The first-order valence-electron chi connectivity index (χ1n) is 7.49. The number of nitrogens with zero attached hydrogens (tertiary/aromatic N) is 3. The van der Waals surface area contributed by atoms with Crippen molar-refractivity contribution in [2.24, 2.45) is 0 Å². The number of pyridine rings is 1. The average molecular weight is 285 g/mol. The molecule has 21 heavy (non-hydrogen) atoms. The molecule has 5 heteroatoms. The first-order valence-corrected chi connectivity index (χ1v) is 7.49. The zero-order chi connectivity index (χ0) is 15.1. The van der Waals surface area contributed by atoms with Crippen LogP contribution >= 0.6 is 0 Å². The molecular formula is C16H23N5. The quantitative estimate of drug-likeness (QED) is 0.819. The molecule has 112 valence electrons. The van der Waals surface area contributed by atoms with Gasteiger partial charge in [-0.2, -0.15) is 0 Å². The summed E-state index contributed by atoms with van der Waals surface area (Å²) >= 11 is 0. The topological polar surface area (TPSA) is 62.7 Å². The second-order valence-electron chi connectivity index (χ2n) is 4.84. The van der Waals surface area contributed by atoms with Gasteiger partial charge in [0.15, 0.2) is 0 Å². The van der Waals surface area contributed by atoms with E-state index in [0.29, 0.717) is 0 Å². The van der Waals surface area contributed by atoms with Gasteiger partial charge in [0.2, 0.25) is 0 Å². The third kappa shape index (κ3) is 4.15. The van der Waals surface area contributed by atoms with Crippen LogP contribution < -0.4 is 10.6 Å². The van der Waals surface area contributed by atoms with Gasteiger partial charge in [0.05, 0.1) is 0 Å². The maximum atomic E-state index is 4.58. The minimum absolute atomic E-state index is 0.809. The lowest BCUT2D eigenvalue weighted by atomic mass is 10.2. The van der Waals surface area contributed by atoms with Crippen molar-refractivity contribution < 1.29 is 0 Å². The van der Waals surface area contributed by atoms with E-state index in [1.54, 1.807) is 0 Å². The monoisotopic (exact) mass is 285 g/mol. The third-order valence-corrected chi connectivity index (χ3v) is 3.25. The molecule has 0 saturated heterocycles. The molecule has 0 aliphatic rings. The Bertz CT molecular complexity index is 568. The lowest BCUT2D eigenvalue weighted by molar-refractivity contribution is 0.904. The molecule has 0 bridgehead atoms. The zero-order valence-electron chi connectivity index (χ0n) is 13.0. The molecule has 0 atom stereocenters. The summed E-state index contributed by atoms with van der Waals surface area (Å²) in [5.74, 6) is 2.69. The van der Waals surface area contributed by atoms with E-state index in [9.17, 15) is 0 Å². The highest BCUT2D eigenvalue weighted by Crippen LogP contribution is 2.20. The number of nitrogens with one attached hydrogen (secondary N) is 2. The van der Waals surface area contributed by atoms with Crippen molar-refractivity contribution >= 4 is 11.6 Å². The van der Waals surface area contributed by atoms with E-state index < -0.39 is 0 Å². The van der Waals surface area contributed by atoms with Gasteiger partial charge >= 0.3 is 0 Å². The average Bonchev–Trinajstić information content (AvgIpc) is 2.52. The fourth-order valence-electron chi connectivity index (χ4n) is 2.09. The molecule has 0 aromatic carbocycles. The smallest absolute Gasteiger partial charge is 0.134 e. The number of anilines is 2. The molecule has 0 fully saturated rings. The van der Waals surface area contributed by atoms with Gasteiger partial charge in [-0.3, -0.25) is 4.98 Å². The molecular weight excluding hydrogens is 262 g/mol. The van der Waals surface area contributed by atoms with Gasteiger partial charge in [0, 0.05) is 43.4 Å².